The minimum Gasteiger partial charge on any atom is -0.461 e. The highest BCUT2D eigenvalue weighted by molar-refractivity contribution is 5.84. The van der Waals surface area contributed by atoms with Crippen molar-refractivity contribution in [3.05, 3.63) is 70.6 Å². The summed E-state index contributed by atoms with van der Waals surface area (Å²) >= 11 is 0. The van der Waals surface area contributed by atoms with E-state index in [9.17, 15) is 9.59 Å². The van der Waals surface area contributed by atoms with Crippen molar-refractivity contribution in [3.63, 3.8) is 0 Å². The second kappa shape index (κ2) is 7.47. The van der Waals surface area contributed by atoms with Gasteiger partial charge in [-0.3, -0.25) is 4.79 Å². The fourth-order valence-electron chi connectivity index (χ4n) is 4.91. The first kappa shape index (κ1) is 20.0. The van der Waals surface area contributed by atoms with E-state index in [4.69, 9.17) is 4.42 Å². The number of amides is 1. The number of hydrogen-bond donors (Lipinski definition) is 0. The average Bonchev–Trinajstić information content (AvgIpc) is 3.31. The van der Waals surface area contributed by atoms with Crippen molar-refractivity contribution in [3.8, 4) is 16.8 Å². The van der Waals surface area contributed by atoms with Gasteiger partial charge in [-0.2, -0.15) is 5.10 Å². The molecule has 2 aliphatic rings. The molecule has 0 spiro atoms. The van der Waals surface area contributed by atoms with Gasteiger partial charge in [-0.1, -0.05) is 18.2 Å². The van der Waals surface area contributed by atoms with Gasteiger partial charge in [0.2, 0.25) is 5.91 Å². The van der Waals surface area contributed by atoms with Crippen LogP contribution in [0.4, 0.5) is 0 Å². The first-order chi connectivity index (χ1) is 16.0. The maximum absolute atomic E-state index is 13.0. The van der Waals surface area contributed by atoms with Crippen LogP contribution in [0.5, 0.6) is 0 Å². The van der Waals surface area contributed by atoms with Crippen molar-refractivity contribution in [2.24, 2.45) is 13.0 Å². The Kier molecular flexibility index (Phi) is 4.54. The Balaban J connectivity index is 1.31. The zero-order valence-corrected chi connectivity index (χ0v) is 18.8. The lowest BCUT2D eigenvalue weighted by molar-refractivity contribution is -0.131. The molecule has 33 heavy (non-hydrogen) atoms. The van der Waals surface area contributed by atoms with Crippen molar-refractivity contribution < 1.29 is 9.21 Å². The highest BCUT2D eigenvalue weighted by atomic mass is 16.3. The van der Waals surface area contributed by atoms with E-state index in [0.717, 1.165) is 65.2 Å². The molecule has 2 aromatic carbocycles. The largest absolute Gasteiger partial charge is 0.461 e. The minimum atomic E-state index is -0.167. The fraction of sp³-hybridized carbons (Fsp3) is 0.346. The Morgan fingerprint density at radius 3 is 2.55 bits per heavy atom. The predicted octanol–water partition coefficient (Wildman–Crippen LogP) is 4.02. The maximum atomic E-state index is 13.0. The van der Waals surface area contributed by atoms with Crippen molar-refractivity contribution in [2.75, 3.05) is 13.1 Å². The molecule has 6 rings (SSSR count). The molecule has 1 amide bonds. The van der Waals surface area contributed by atoms with Crippen LogP contribution in [0.1, 0.15) is 36.8 Å². The van der Waals surface area contributed by atoms with Crippen molar-refractivity contribution in [1.29, 1.82) is 0 Å². The first-order valence-corrected chi connectivity index (χ1v) is 11.5. The van der Waals surface area contributed by atoms with Crippen LogP contribution in [-0.4, -0.2) is 38.2 Å². The Labute approximate surface area is 191 Å². The van der Waals surface area contributed by atoms with E-state index in [-0.39, 0.29) is 23.4 Å². The van der Waals surface area contributed by atoms with Crippen molar-refractivity contribution in [2.45, 2.75) is 32.1 Å². The molecule has 1 unspecified atom stereocenters. The van der Waals surface area contributed by atoms with Gasteiger partial charge in [0.15, 0.2) is 0 Å². The number of nitrogens with zero attached hydrogens (tertiary/aromatic N) is 4. The minimum absolute atomic E-state index is 0.0630. The van der Waals surface area contributed by atoms with Crippen molar-refractivity contribution >= 4 is 16.9 Å². The first-order valence-electron chi connectivity index (χ1n) is 11.5. The summed E-state index contributed by atoms with van der Waals surface area (Å²) in [6.45, 7) is 3.32. The van der Waals surface area contributed by atoms with Gasteiger partial charge >= 0.3 is 5.69 Å². The number of fused-ring (bicyclic) bond motifs is 1. The normalized spacial score (nSPS) is 18.4. The van der Waals surface area contributed by atoms with Gasteiger partial charge in [0, 0.05) is 37.4 Å². The number of carbonyl (C=O) groups is 1. The van der Waals surface area contributed by atoms with Gasteiger partial charge in [0.1, 0.15) is 17.2 Å². The van der Waals surface area contributed by atoms with E-state index in [1.807, 2.05) is 54.3 Å². The van der Waals surface area contributed by atoms with Crippen LogP contribution in [-0.2, 0) is 11.8 Å². The quantitative estimate of drug-likeness (QED) is 0.479. The molecule has 1 saturated carbocycles. The van der Waals surface area contributed by atoms with Gasteiger partial charge in [0.25, 0.3) is 0 Å². The summed E-state index contributed by atoms with van der Waals surface area (Å²) in [7, 11) is 1.68. The molecule has 7 heteroatoms. The molecule has 1 aliphatic heterocycles. The zero-order chi connectivity index (χ0) is 22.7. The topological polar surface area (TPSA) is 73.3 Å². The molecule has 0 bridgehead atoms. The average molecular weight is 443 g/mol. The summed E-state index contributed by atoms with van der Waals surface area (Å²) in [5.74, 6) is 2.17. The Morgan fingerprint density at radius 1 is 1.03 bits per heavy atom. The van der Waals surface area contributed by atoms with Crippen LogP contribution in [0.2, 0.25) is 0 Å². The highest BCUT2D eigenvalue weighted by Crippen LogP contribution is 2.35. The lowest BCUT2D eigenvalue weighted by Gasteiger charge is -2.16. The summed E-state index contributed by atoms with van der Waals surface area (Å²) < 4.78 is 8.77. The van der Waals surface area contributed by atoms with Crippen LogP contribution in [0.3, 0.4) is 0 Å². The number of aryl methyl sites for hydroxylation is 2. The standard InChI is InChI=1S/C26H26N4O3/c1-16-13-21-14-19(7-10-23(21)33-16)17-5-8-22(9-6-17)30-24(27-28(2)26(30)32)20-11-12-29(15-20)25(31)18-3-4-18/h5-10,13-14,18,20H,3-4,11-12,15H2,1-2H3. The zero-order valence-electron chi connectivity index (χ0n) is 18.8. The molecule has 3 heterocycles. The third-order valence-electron chi connectivity index (χ3n) is 6.84. The Morgan fingerprint density at radius 2 is 1.79 bits per heavy atom. The second-order valence-corrected chi connectivity index (χ2v) is 9.30. The molecule has 1 saturated heterocycles. The number of benzene rings is 2. The monoisotopic (exact) mass is 442 g/mol. The Bertz CT molecular complexity index is 1420. The third-order valence-corrected chi connectivity index (χ3v) is 6.84. The smallest absolute Gasteiger partial charge is 0.350 e. The fourth-order valence-corrected chi connectivity index (χ4v) is 4.91. The molecule has 2 aromatic heterocycles. The van der Waals surface area contributed by atoms with E-state index in [2.05, 4.69) is 11.2 Å². The predicted molar refractivity (Wildman–Crippen MR) is 125 cm³/mol. The molecule has 4 aromatic rings. The molecule has 1 atom stereocenters. The van der Waals surface area contributed by atoms with Gasteiger partial charge in [-0.25, -0.2) is 14.0 Å². The SMILES string of the molecule is Cc1cc2cc(-c3ccc(-n4c(C5CCN(C(=O)C6CC6)C5)nn(C)c4=O)cc3)ccc2o1. The number of rotatable bonds is 4. The van der Waals surface area contributed by atoms with Gasteiger partial charge < -0.3 is 9.32 Å². The van der Waals surface area contributed by atoms with Crippen LogP contribution >= 0.6 is 0 Å². The third kappa shape index (κ3) is 3.48. The van der Waals surface area contributed by atoms with Crippen LogP contribution in [0.25, 0.3) is 27.8 Å². The van der Waals surface area contributed by atoms with E-state index >= 15 is 0 Å². The number of hydrogen-bond acceptors (Lipinski definition) is 4. The highest BCUT2D eigenvalue weighted by Gasteiger charge is 2.38. The lowest BCUT2D eigenvalue weighted by atomic mass is 10.0. The maximum Gasteiger partial charge on any atom is 0.350 e. The molecule has 0 N–H and O–H groups in total. The molecule has 1 aliphatic carbocycles. The molecule has 0 radical (unpaired) electrons. The van der Waals surface area contributed by atoms with Crippen LogP contribution in [0, 0.1) is 12.8 Å². The number of likely N-dealkylation sites (tertiary alicyclic amines) is 1. The Hall–Kier alpha value is -3.61. The van der Waals surface area contributed by atoms with Crippen LogP contribution in [0.15, 0.2) is 57.7 Å². The lowest BCUT2D eigenvalue weighted by Crippen LogP contribution is -2.30. The van der Waals surface area contributed by atoms with E-state index in [1.165, 1.54) is 4.68 Å². The summed E-state index contributed by atoms with van der Waals surface area (Å²) in [6.07, 6.45) is 2.85. The van der Waals surface area contributed by atoms with Crippen LogP contribution < -0.4 is 5.69 Å². The summed E-state index contributed by atoms with van der Waals surface area (Å²) in [5.41, 5.74) is 3.67. The number of carbonyl (C=O) groups excluding carboxylic acids is 1. The summed E-state index contributed by atoms with van der Waals surface area (Å²) in [4.78, 5) is 27.4. The van der Waals surface area contributed by atoms with Gasteiger partial charge in [-0.15, -0.1) is 0 Å². The molecular weight excluding hydrogens is 416 g/mol. The number of aromatic nitrogens is 3. The summed E-state index contributed by atoms with van der Waals surface area (Å²) in [6, 6.07) is 16.2. The van der Waals surface area contributed by atoms with E-state index in [1.54, 1.807) is 11.6 Å². The molecule has 7 nitrogen and oxygen atoms in total. The molecule has 2 fully saturated rings. The summed E-state index contributed by atoms with van der Waals surface area (Å²) in [5, 5.41) is 5.63. The number of furan rings is 1. The van der Waals surface area contributed by atoms with Gasteiger partial charge in [-0.05, 0) is 67.6 Å². The van der Waals surface area contributed by atoms with E-state index in [0.29, 0.717) is 6.54 Å². The molecule has 168 valence electrons. The molecular formula is C26H26N4O3. The van der Waals surface area contributed by atoms with Crippen molar-refractivity contribution in [1.82, 2.24) is 19.2 Å². The van der Waals surface area contributed by atoms with E-state index < -0.39 is 0 Å². The second-order valence-electron chi connectivity index (χ2n) is 9.30. The van der Waals surface area contributed by atoms with Gasteiger partial charge in [0.05, 0.1) is 5.69 Å².